The van der Waals surface area contributed by atoms with Crippen LogP contribution in [-0.2, 0) is 0 Å². The third-order valence-electron chi connectivity index (χ3n) is 3.22. The zero-order valence-electron chi connectivity index (χ0n) is 10.5. The molecule has 1 heterocycles. The smallest absolute Gasteiger partial charge is 0.251 e. The molecule has 0 bridgehead atoms. The van der Waals surface area contributed by atoms with E-state index in [0.29, 0.717) is 12.2 Å². The number of ether oxygens (including phenoxy) is 1. The van der Waals surface area contributed by atoms with Gasteiger partial charge >= 0.3 is 0 Å². The van der Waals surface area contributed by atoms with E-state index < -0.39 is 0 Å². The van der Waals surface area contributed by atoms with E-state index in [1.807, 2.05) is 24.3 Å². The summed E-state index contributed by atoms with van der Waals surface area (Å²) in [6.45, 7) is 0.414. The van der Waals surface area contributed by atoms with Gasteiger partial charge in [-0.2, -0.15) is 0 Å². The maximum atomic E-state index is 12.2. The van der Waals surface area contributed by atoms with Crippen molar-refractivity contribution in [3.05, 3.63) is 58.6 Å². The second-order valence-electron chi connectivity index (χ2n) is 4.54. The van der Waals surface area contributed by atoms with E-state index >= 15 is 0 Å². The molecule has 0 aromatic heterocycles. The van der Waals surface area contributed by atoms with Gasteiger partial charge in [-0.15, -0.1) is 0 Å². The molecule has 1 amide bonds. The first-order valence-electron chi connectivity index (χ1n) is 6.16. The van der Waals surface area contributed by atoms with Gasteiger partial charge in [-0.25, -0.2) is 0 Å². The summed E-state index contributed by atoms with van der Waals surface area (Å²) in [6, 6.07) is 11.8. The Morgan fingerprint density at radius 2 is 2.10 bits per heavy atom. The molecule has 0 saturated heterocycles. The molecule has 3 rings (SSSR count). The third-order valence-corrected chi connectivity index (χ3v) is 3.52. The Bertz CT molecular complexity index is 672. The van der Waals surface area contributed by atoms with Crippen molar-refractivity contribution in [2.45, 2.75) is 6.04 Å². The van der Waals surface area contributed by atoms with Crippen molar-refractivity contribution in [2.75, 3.05) is 6.61 Å². The van der Waals surface area contributed by atoms with Crippen LogP contribution in [-0.4, -0.2) is 17.6 Å². The molecule has 0 spiro atoms. The number of halogens is 1. The predicted octanol–water partition coefficient (Wildman–Crippen LogP) is 2.91. The number of rotatable bonds is 2. The predicted molar refractivity (Wildman–Crippen MR) is 75.3 cm³/mol. The summed E-state index contributed by atoms with van der Waals surface area (Å²) in [6.07, 6.45) is 0. The first-order chi connectivity index (χ1) is 9.65. The standard InChI is InChI=1S/C15H12ClNO3/c16-11-7-9(5-6-13(11)18)15(19)17-12-8-20-14-4-2-1-3-10(12)14/h1-7,12,18H,8H2,(H,17,19)/t12-/m0/s1. The first-order valence-corrected chi connectivity index (χ1v) is 6.54. The van der Waals surface area contributed by atoms with Crippen molar-refractivity contribution < 1.29 is 14.6 Å². The zero-order chi connectivity index (χ0) is 14.1. The van der Waals surface area contributed by atoms with Crippen molar-refractivity contribution >= 4 is 17.5 Å². The molecule has 5 heteroatoms. The quantitative estimate of drug-likeness (QED) is 0.894. The number of para-hydroxylation sites is 1. The third kappa shape index (κ3) is 2.30. The van der Waals surface area contributed by atoms with Crippen LogP contribution in [0.2, 0.25) is 5.02 Å². The molecular weight excluding hydrogens is 278 g/mol. The molecule has 0 aliphatic carbocycles. The molecule has 0 radical (unpaired) electrons. The van der Waals surface area contributed by atoms with Crippen molar-refractivity contribution in [1.82, 2.24) is 5.32 Å². The van der Waals surface area contributed by atoms with Crippen molar-refractivity contribution in [3.8, 4) is 11.5 Å². The molecule has 4 nitrogen and oxygen atoms in total. The van der Waals surface area contributed by atoms with Gasteiger partial charge in [0.05, 0.1) is 11.1 Å². The Hall–Kier alpha value is -2.20. The van der Waals surface area contributed by atoms with Gasteiger partial charge in [0.25, 0.3) is 5.91 Å². The number of phenolic OH excluding ortho intramolecular Hbond substituents is 1. The van der Waals surface area contributed by atoms with E-state index in [1.54, 1.807) is 0 Å². The lowest BCUT2D eigenvalue weighted by Gasteiger charge is -2.12. The number of phenols is 1. The van der Waals surface area contributed by atoms with Gasteiger partial charge in [0.15, 0.2) is 0 Å². The Kier molecular flexibility index (Phi) is 3.24. The summed E-state index contributed by atoms with van der Waals surface area (Å²) in [7, 11) is 0. The zero-order valence-corrected chi connectivity index (χ0v) is 11.2. The van der Waals surface area contributed by atoms with E-state index in [9.17, 15) is 9.90 Å². The minimum absolute atomic E-state index is 0.0437. The maximum absolute atomic E-state index is 12.2. The maximum Gasteiger partial charge on any atom is 0.251 e. The van der Waals surface area contributed by atoms with Crippen LogP contribution in [0, 0.1) is 0 Å². The molecule has 2 aromatic rings. The highest BCUT2D eigenvalue weighted by molar-refractivity contribution is 6.32. The summed E-state index contributed by atoms with van der Waals surface area (Å²) in [5, 5.41) is 12.4. The van der Waals surface area contributed by atoms with Gasteiger partial charge in [-0.3, -0.25) is 4.79 Å². The topological polar surface area (TPSA) is 58.6 Å². The second kappa shape index (κ2) is 5.06. The van der Waals surface area contributed by atoms with E-state index in [1.165, 1.54) is 18.2 Å². The molecule has 2 N–H and O–H groups in total. The van der Waals surface area contributed by atoms with Crippen molar-refractivity contribution in [1.29, 1.82) is 0 Å². The number of nitrogens with one attached hydrogen (secondary N) is 1. The lowest BCUT2D eigenvalue weighted by molar-refractivity contribution is 0.0930. The van der Waals surface area contributed by atoms with Gasteiger partial charge in [0, 0.05) is 11.1 Å². The first kappa shape index (κ1) is 12.8. The number of carbonyl (C=O) groups is 1. The van der Waals surface area contributed by atoms with E-state index in [4.69, 9.17) is 16.3 Å². The summed E-state index contributed by atoms with van der Waals surface area (Å²) < 4.78 is 5.51. The molecule has 20 heavy (non-hydrogen) atoms. The molecule has 1 aliphatic heterocycles. The summed E-state index contributed by atoms with van der Waals surface area (Å²) in [4.78, 5) is 12.2. The fourth-order valence-electron chi connectivity index (χ4n) is 2.17. The SMILES string of the molecule is O=C(N[C@H]1COc2ccccc21)c1ccc(O)c(Cl)c1. The average Bonchev–Trinajstić information content (AvgIpc) is 2.85. The van der Waals surface area contributed by atoms with Crippen LogP contribution in [0.15, 0.2) is 42.5 Å². The average molecular weight is 290 g/mol. The summed E-state index contributed by atoms with van der Waals surface area (Å²) in [5.41, 5.74) is 1.36. The van der Waals surface area contributed by atoms with Gasteiger partial charge in [0.1, 0.15) is 18.1 Å². The number of benzene rings is 2. The largest absolute Gasteiger partial charge is 0.506 e. The van der Waals surface area contributed by atoms with Crippen LogP contribution < -0.4 is 10.1 Å². The van der Waals surface area contributed by atoms with Crippen molar-refractivity contribution in [2.24, 2.45) is 0 Å². The van der Waals surface area contributed by atoms with Crippen LogP contribution >= 0.6 is 11.6 Å². The second-order valence-corrected chi connectivity index (χ2v) is 4.95. The van der Waals surface area contributed by atoms with E-state index in [2.05, 4.69) is 5.32 Å². The Morgan fingerprint density at radius 3 is 2.90 bits per heavy atom. The van der Waals surface area contributed by atoms with Crippen LogP contribution in [0.1, 0.15) is 22.0 Å². The lowest BCUT2D eigenvalue weighted by Crippen LogP contribution is -2.29. The summed E-state index contributed by atoms with van der Waals surface area (Å²) >= 11 is 5.80. The highest BCUT2D eigenvalue weighted by Gasteiger charge is 2.25. The number of hydrogen-bond acceptors (Lipinski definition) is 3. The number of hydrogen-bond donors (Lipinski definition) is 2. The Labute approximate surface area is 120 Å². The van der Waals surface area contributed by atoms with E-state index in [-0.39, 0.29) is 22.7 Å². The Balaban J connectivity index is 1.79. The van der Waals surface area contributed by atoms with Crippen LogP contribution in [0.25, 0.3) is 0 Å². The fraction of sp³-hybridized carbons (Fsp3) is 0.133. The van der Waals surface area contributed by atoms with Crippen LogP contribution in [0.3, 0.4) is 0 Å². The number of amides is 1. The van der Waals surface area contributed by atoms with Gasteiger partial charge < -0.3 is 15.2 Å². The molecule has 102 valence electrons. The highest BCUT2D eigenvalue weighted by atomic mass is 35.5. The lowest BCUT2D eigenvalue weighted by atomic mass is 10.1. The molecule has 1 aliphatic rings. The van der Waals surface area contributed by atoms with Crippen LogP contribution in [0.4, 0.5) is 0 Å². The minimum Gasteiger partial charge on any atom is -0.506 e. The molecule has 1 atom stereocenters. The molecule has 2 aromatic carbocycles. The number of carbonyl (C=O) groups excluding carboxylic acids is 1. The Morgan fingerprint density at radius 1 is 1.30 bits per heavy atom. The molecule has 0 fully saturated rings. The molecule has 0 saturated carbocycles. The molecular formula is C15H12ClNO3. The van der Waals surface area contributed by atoms with Crippen molar-refractivity contribution in [3.63, 3.8) is 0 Å². The highest BCUT2D eigenvalue weighted by Crippen LogP contribution is 2.32. The van der Waals surface area contributed by atoms with Gasteiger partial charge in [0.2, 0.25) is 0 Å². The van der Waals surface area contributed by atoms with Crippen LogP contribution in [0.5, 0.6) is 11.5 Å². The minimum atomic E-state index is -0.253. The van der Waals surface area contributed by atoms with Gasteiger partial charge in [-0.1, -0.05) is 29.8 Å². The monoisotopic (exact) mass is 289 g/mol. The normalized spacial score (nSPS) is 16.4. The van der Waals surface area contributed by atoms with Gasteiger partial charge in [-0.05, 0) is 24.3 Å². The number of aromatic hydroxyl groups is 1. The molecule has 0 unspecified atom stereocenters. The fourth-order valence-corrected chi connectivity index (χ4v) is 2.35. The van der Waals surface area contributed by atoms with E-state index in [0.717, 1.165) is 11.3 Å². The number of fused-ring (bicyclic) bond motifs is 1. The summed E-state index contributed by atoms with van der Waals surface area (Å²) in [5.74, 6) is 0.497.